The Bertz CT molecular complexity index is 1240. The van der Waals surface area contributed by atoms with E-state index >= 15 is 0 Å². The summed E-state index contributed by atoms with van der Waals surface area (Å²) in [6.45, 7) is 3.97. The molecule has 4 rings (SSSR count). The van der Waals surface area contributed by atoms with Crippen LogP contribution >= 0.6 is 12.2 Å². The van der Waals surface area contributed by atoms with Gasteiger partial charge >= 0.3 is 0 Å². The molecule has 3 aromatic carbocycles. The molecule has 1 aliphatic rings. The highest BCUT2D eigenvalue weighted by Crippen LogP contribution is 2.27. The Morgan fingerprint density at radius 3 is 2.33 bits per heavy atom. The average molecular weight is 457 g/mol. The van der Waals surface area contributed by atoms with Crippen molar-refractivity contribution >= 4 is 40.9 Å². The van der Waals surface area contributed by atoms with Crippen molar-refractivity contribution in [3.05, 3.63) is 103 Å². The van der Waals surface area contributed by atoms with Gasteiger partial charge in [0.1, 0.15) is 29.4 Å². The lowest BCUT2D eigenvalue weighted by Crippen LogP contribution is -2.54. The van der Waals surface area contributed by atoms with E-state index in [2.05, 4.69) is 11.9 Å². The predicted molar refractivity (Wildman–Crippen MR) is 131 cm³/mol. The number of para-hydroxylation sites is 1. The zero-order valence-corrected chi connectivity index (χ0v) is 18.4. The van der Waals surface area contributed by atoms with E-state index in [0.717, 1.165) is 0 Å². The molecule has 0 unspecified atom stereocenters. The minimum atomic E-state index is -0.553. The van der Waals surface area contributed by atoms with Gasteiger partial charge in [0.05, 0.1) is 5.69 Å². The van der Waals surface area contributed by atoms with Gasteiger partial charge in [-0.1, -0.05) is 43.0 Å². The van der Waals surface area contributed by atoms with Crippen molar-refractivity contribution in [2.24, 2.45) is 0 Å². The summed E-state index contributed by atoms with van der Waals surface area (Å²) in [5.41, 5.74) is 1.13. The molecule has 1 aliphatic heterocycles. The fourth-order valence-electron chi connectivity index (χ4n) is 3.20. The first kappa shape index (κ1) is 22.0. The van der Waals surface area contributed by atoms with E-state index in [1.54, 1.807) is 54.6 Å². The molecule has 164 valence electrons. The predicted octanol–water partition coefficient (Wildman–Crippen LogP) is 4.88. The van der Waals surface area contributed by atoms with Gasteiger partial charge in [0.2, 0.25) is 0 Å². The summed E-state index contributed by atoms with van der Waals surface area (Å²) >= 11 is 5.27. The molecule has 3 aromatic rings. The Labute approximate surface area is 196 Å². The molecule has 7 heteroatoms. The van der Waals surface area contributed by atoms with Crippen molar-refractivity contribution in [2.75, 3.05) is 11.5 Å². The first-order chi connectivity index (χ1) is 16.0. The lowest BCUT2D eigenvalue weighted by Gasteiger charge is -2.29. The molecule has 1 saturated heterocycles. The van der Waals surface area contributed by atoms with Gasteiger partial charge in [-0.3, -0.25) is 19.8 Å². The Morgan fingerprint density at radius 2 is 1.61 bits per heavy atom. The first-order valence-electron chi connectivity index (χ1n) is 10.1. The van der Waals surface area contributed by atoms with Crippen LogP contribution in [-0.4, -0.2) is 23.5 Å². The van der Waals surface area contributed by atoms with Crippen molar-refractivity contribution in [1.29, 1.82) is 0 Å². The van der Waals surface area contributed by atoms with Crippen LogP contribution in [0.3, 0.4) is 0 Å². The zero-order chi connectivity index (χ0) is 23.2. The van der Waals surface area contributed by atoms with Crippen molar-refractivity contribution in [1.82, 2.24) is 5.32 Å². The smallest absolute Gasteiger partial charge is 0.270 e. The van der Waals surface area contributed by atoms with Gasteiger partial charge < -0.3 is 9.47 Å². The van der Waals surface area contributed by atoms with Crippen LogP contribution in [0.5, 0.6) is 17.2 Å². The molecule has 0 spiro atoms. The maximum atomic E-state index is 13.2. The lowest BCUT2D eigenvalue weighted by atomic mass is 10.1. The summed E-state index contributed by atoms with van der Waals surface area (Å²) in [4.78, 5) is 27.0. The monoisotopic (exact) mass is 456 g/mol. The number of hydrogen-bond acceptors (Lipinski definition) is 5. The van der Waals surface area contributed by atoms with Crippen LogP contribution in [0.25, 0.3) is 6.08 Å². The minimum Gasteiger partial charge on any atom is -0.490 e. The largest absolute Gasteiger partial charge is 0.490 e. The second-order valence-electron chi connectivity index (χ2n) is 7.04. The number of rotatable bonds is 7. The fraction of sp³-hybridized carbons (Fsp3) is 0.0385. The zero-order valence-electron chi connectivity index (χ0n) is 17.6. The fourth-order valence-corrected chi connectivity index (χ4v) is 3.48. The molecule has 0 radical (unpaired) electrons. The Balaban J connectivity index is 1.57. The van der Waals surface area contributed by atoms with E-state index in [-0.39, 0.29) is 10.7 Å². The van der Waals surface area contributed by atoms with E-state index in [9.17, 15) is 9.59 Å². The highest BCUT2D eigenvalue weighted by Gasteiger charge is 2.34. The number of ether oxygens (including phenoxy) is 2. The number of thiocarbonyl (C=S) groups is 1. The van der Waals surface area contributed by atoms with Crippen LogP contribution in [0.15, 0.2) is 97.1 Å². The van der Waals surface area contributed by atoms with Crippen LogP contribution in [-0.2, 0) is 9.59 Å². The third-order valence-electron chi connectivity index (χ3n) is 4.71. The van der Waals surface area contributed by atoms with Crippen molar-refractivity contribution < 1.29 is 19.1 Å². The lowest BCUT2D eigenvalue weighted by molar-refractivity contribution is -0.122. The molecule has 1 heterocycles. The number of hydrogen-bond donors (Lipinski definition) is 1. The molecule has 0 aromatic heterocycles. The number of nitrogens with one attached hydrogen (secondary N) is 1. The SMILES string of the molecule is C=CCOc1cccc(/C=C2\C(=O)NC(=S)N(c3ccc(Oc4ccccc4)cc3)C2=O)c1. The van der Waals surface area contributed by atoms with Gasteiger partial charge in [0.15, 0.2) is 5.11 Å². The third-order valence-corrected chi connectivity index (χ3v) is 5.00. The number of benzene rings is 3. The molecule has 1 fully saturated rings. The highest BCUT2D eigenvalue weighted by molar-refractivity contribution is 7.80. The molecule has 0 saturated carbocycles. The molecular weight excluding hydrogens is 436 g/mol. The number of nitrogens with zero attached hydrogens (tertiary/aromatic N) is 1. The van der Waals surface area contributed by atoms with E-state index < -0.39 is 11.8 Å². The van der Waals surface area contributed by atoms with Crippen LogP contribution in [0.2, 0.25) is 0 Å². The summed E-state index contributed by atoms with van der Waals surface area (Å²) < 4.78 is 11.3. The summed E-state index contributed by atoms with van der Waals surface area (Å²) in [5.74, 6) is 0.845. The minimum absolute atomic E-state index is 0.0157. The second-order valence-corrected chi connectivity index (χ2v) is 7.43. The topological polar surface area (TPSA) is 67.9 Å². The maximum Gasteiger partial charge on any atom is 0.270 e. The molecule has 2 amide bonds. The van der Waals surface area contributed by atoms with Gasteiger partial charge in [-0.05, 0) is 72.4 Å². The Morgan fingerprint density at radius 1 is 0.909 bits per heavy atom. The van der Waals surface area contributed by atoms with E-state index in [1.807, 2.05) is 30.3 Å². The van der Waals surface area contributed by atoms with Gasteiger partial charge in [-0.2, -0.15) is 0 Å². The van der Waals surface area contributed by atoms with Gasteiger partial charge in [-0.15, -0.1) is 0 Å². The van der Waals surface area contributed by atoms with Gasteiger partial charge in [-0.25, -0.2) is 0 Å². The number of amides is 2. The molecular formula is C26H20N2O4S. The van der Waals surface area contributed by atoms with Crippen molar-refractivity contribution in [2.45, 2.75) is 0 Å². The second kappa shape index (κ2) is 9.93. The summed E-state index contributed by atoms with van der Waals surface area (Å²) in [5, 5.41) is 2.60. The highest BCUT2D eigenvalue weighted by atomic mass is 32.1. The number of carbonyl (C=O) groups excluding carboxylic acids is 2. The van der Waals surface area contributed by atoms with E-state index in [1.165, 1.54) is 11.0 Å². The Kier molecular flexibility index (Phi) is 6.61. The van der Waals surface area contributed by atoms with Gasteiger partial charge in [0.25, 0.3) is 11.8 Å². The molecule has 1 N–H and O–H groups in total. The summed E-state index contributed by atoms with van der Waals surface area (Å²) in [7, 11) is 0. The number of carbonyl (C=O) groups is 2. The molecule has 0 bridgehead atoms. The summed E-state index contributed by atoms with van der Waals surface area (Å²) in [6.07, 6.45) is 3.15. The van der Waals surface area contributed by atoms with Crippen molar-refractivity contribution in [3.8, 4) is 17.2 Å². The Hall–Kier alpha value is -4.23. The number of anilines is 1. The molecule has 33 heavy (non-hydrogen) atoms. The normalized spacial score (nSPS) is 14.7. The molecule has 0 aliphatic carbocycles. The van der Waals surface area contributed by atoms with Crippen LogP contribution in [0.1, 0.15) is 5.56 Å². The summed E-state index contributed by atoms with van der Waals surface area (Å²) in [6, 6.07) is 23.3. The van der Waals surface area contributed by atoms with Crippen LogP contribution in [0.4, 0.5) is 5.69 Å². The maximum absolute atomic E-state index is 13.2. The van der Waals surface area contributed by atoms with Crippen molar-refractivity contribution in [3.63, 3.8) is 0 Å². The third kappa shape index (κ3) is 5.16. The van der Waals surface area contributed by atoms with E-state index in [4.69, 9.17) is 21.7 Å². The molecule has 6 nitrogen and oxygen atoms in total. The van der Waals surface area contributed by atoms with Gasteiger partial charge in [0, 0.05) is 0 Å². The first-order valence-corrected chi connectivity index (χ1v) is 10.5. The van der Waals surface area contributed by atoms with Crippen LogP contribution < -0.4 is 19.7 Å². The standard InChI is InChI=1S/C26H20N2O4S/c1-2-15-31-22-10-6-7-18(16-22)17-23-24(29)27-26(33)28(25(23)30)19-11-13-21(14-12-19)32-20-8-4-3-5-9-20/h2-14,16-17H,1,15H2,(H,27,29,33)/b23-17+. The van der Waals surface area contributed by atoms with E-state index in [0.29, 0.717) is 35.1 Å². The molecule has 0 atom stereocenters. The quantitative estimate of drug-likeness (QED) is 0.238. The van der Waals surface area contributed by atoms with Crippen LogP contribution in [0, 0.1) is 0 Å². The average Bonchev–Trinajstić information content (AvgIpc) is 2.82.